The Kier molecular flexibility index (Phi) is 7.68. The summed E-state index contributed by atoms with van der Waals surface area (Å²) in [6.07, 6.45) is 0.403. The molecule has 0 atom stereocenters. The lowest BCUT2D eigenvalue weighted by atomic mass is 10.1. The molecule has 2 aromatic rings. The highest BCUT2D eigenvalue weighted by atomic mass is 35.5. The number of nitro groups is 1. The highest BCUT2D eigenvalue weighted by Crippen LogP contribution is 2.34. The second-order valence-corrected chi connectivity index (χ2v) is 7.79. The Morgan fingerprint density at radius 2 is 2.00 bits per heavy atom. The quantitative estimate of drug-likeness (QED) is 0.261. The Morgan fingerprint density at radius 1 is 1.33 bits per heavy atom. The second-order valence-electron chi connectivity index (χ2n) is 6.39. The van der Waals surface area contributed by atoms with E-state index in [-0.39, 0.29) is 46.9 Å². The Morgan fingerprint density at radius 3 is 2.53 bits per heavy atom. The van der Waals surface area contributed by atoms with Gasteiger partial charge in [0, 0.05) is 6.42 Å². The predicted molar refractivity (Wildman–Crippen MR) is 112 cm³/mol. The molecular weight excluding hydrogens is 436 g/mol. The third-order valence-corrected chi connectivity index (χ3v) is 6.01. The molecule has 30 heavy (non-hydrogen) atoms. The minimum atomic E-state index is -0.665. The first-order valence-electron chi connectivity index (χ1n) is 9.07. The van der Waals surface area contributed by atoms with Crippen LogP contribution in [0.5, 0.6) is 0 Å². The van der Waals surface area contributed by atoms with Crippen molar-refractivity contribution in [1.82, 2.24) is 9.78 Å². The third kappa shape index (κ3) is 5.03. The van der Waals surface area contributed by atoms with Gasteiger partial charge >= 0.3 is 11.8 Å². The number of aromatic nitrogens is 2. The van der Waals surface area contributed by atoms with Gasteiger partial charge in [-0.2, -0.15) is 4.68 Å². The first-order chi connectivity index (χ1) is 14.1. The molecular formula is C18H21ClN4O6S. The van der Waals surface area contributed by atoms with Crippen LogP contribution in [0.2, 0.25) is 5.02 Å². The number of anilines is 1. The number of Topliss-reactive ketones (excluding diaryl/α,β-unsaturated/α-hetero) is 1. The van der Waals surface area contributed by atoms with Crippen molar-refractivity contribution >= 4 is 51.4 Å². The molecule has 0 bridgehead atoms. The first-order valence-corrected chi connectivity index (χ1v) is 10.3. The van der Waals surface area contributed by atoms with Gasteiger partial charge in [0.2, 0.25) is 5.91 Å². The van der Waals surface area contributed by atoms with Gasteiger partial charge in [0.15, 0.2) is 10.8 Å². The fourth-order valence-electron chi connectivity index (χ4n) is 2.81. The molecule has 0 radical (unpaired) electrons. The van der Waals surface area contributed by atoms with Gasteiger partial charge < -0.3 is 20.2 Å². The van der Waals surface area contributed by atoms with Crippen molar-refractivity contribution in [2.24, 2.45) is 0 Å². The van der Waals surface area contributed by atoms with Crippen LogP contribution in [0.3, 0.4) is 0 Å². The summed E-state index contributed by atoms with van der Waals surface area (Å²) >= 11 is 6.92. The molecule has 0 spiro atoms. The van der Waals surface area contributed by atoms with Crippen molar-refractivity contribution < 1.29 is 24.0 Å². The summed E-state index contributed by atoms with van der Waals surface area (Å²) < 4.78 is 6.41. The zero-order chi connectivity index (χ0) is 22.6. The highest BCUT2D eigenvalue weighted by molar-refractivity contribution is 7.18. The molecule has 12 heteroatoms. The van der Waals surface area contributed by atoms with Gasteiger partial charge in [0.1, 0.15) is 5.00 Å². The first kappa shape index (κ1) is 23.5. The molecule has 2 aromatic heterocycles. The smallest absolute Gasteiger partial charge is 0.408 e. The molecule has 0 aliphatic carbocycles. The number of hydrogen-bond donors (Lipinski definition) is 1. The zero-order valence-electron chi connectivity index (χ0n) is 16.9. The van der Waals surface area contributed by atoms with E-state index < -0.39 is 16.7 Å². The van der Waals surface area contributed by atoms with Gasteiger partial charge in [0.25, 0.3) is 0 Å². The van der Waals surface area contributed by atoms with E-state index in [0.29, 0.717) is 22.6 Å². The summed E-state index contributed by atoms with van der Waals surface area (Å²) in [5.41, 5.74) is 1.08. The van der Waals surface area contributed by atoms with Crippen LogP contribution in [0.25, 0.3) is 0 Å². The van der Waals surface area contributed by atoms with Gasteiger partial charge in [-0.05, 0) is 44.6 Å². The number of nitrogens with zero attached hydrogens (tertiary/aromatic N) is 3. The fourth-order valence-corrected chi connectivity index (χ4v) is 4.12. The number of carbonyl (C=O) groups excluding carboxylic acids is 3. The molecule has 0 unspecified atom stereocenters. The van der Waals surface area contributed by atoms with Gasteiger partial charge in [-0.15, -0.1) is 11.3 Å². The Balaban J connectivity index is 2.09. The normalized spacial score (nSPS) is 10.7. The number of carbonyl (C=O) groups is 3. The number of aryl methyl sites for hydroxylation is 1. The topological polar surface area (TPSA) is 133 Å². The van der Waals surface area contributed by atoms with Crippen LogP contribution in [-0.4, -0.2) is 39.0 Å². The minimum absolute atomic E-state index is 0.0330. The Labute approximate surface area is 181 Å². The SMILES string of the molecule is CCOC(=O)c1c(NC(=O)CCCn2nc([N+](=O)[O-])c(Cl)c2C)sc(C(C)=O)c1C. The zero-order valence-corrected chi connectivity index (χ0v) is 18.5. The molecule has 0 aliphatic rings. The summed E-state index contributed by atoms with van der Waals surface area (Å²) in [6.45, 7) is 6.69. The van der Waals surface area contributed by atoms with E-state index in [0.717, 1.165) is 11.3 Å². The summed E-state index contributed by atoms with van der Waals surface area (Å²) in [7, 11) is 0. The van der Waals surface area contributed by atoms with Gasteiger partial charge in [-0.3, -0.25) is 9.59 Å². The summed E-state index contributed by atoms with van der Waals surface area (Å²) in [5.74, 6) is -1.62. The molecule has 0 aromatic carbocycles. The molecule has 162 valence electrons. The average Bonchev–Trinajstić information content (AvgIpc) is 3.13. The largest absolute Gasteiger partial charge is 0.462 e. The van der Waals surface area contributed by atoms with E-state index in [4.69, 9.17) is 16.3 Å². The number of amides is 1. The van der Waals surface area contributed by atoms with Crippen molar-refractivity contribution in [2.75, 3.05) is 11.9 Å². The van der Waals surface area contributed by atoms with Gasteiger partial charge in [-0.1, -0.05) is 11.6 Å². The van der Waals surface area contributed by atoms with Gasteiger partial charge in [-0.25, -0.2) is 4.79 Å². The van der Waals surface area contributed by atoms with E-state index in [2.05, 4.69) is 10.4 Å². The fraction of sp³-hybridized carbons (Fsp3) is 0.444. The number of ketones is 1. The number of rotatable bonds is 9. The molecule has 0 fully saturated rings. The Hall–Kier alpha value is -2.79. The molecule has 0 aliphatic heterocycles. The molecule has 0 saturated heterocycles. The Bertz CT molecular complexity index is 1010. The average molecular weight is 457 g/mol. The summed E-state index contributed by atoms with van der Waals surface area (Å²) in [6, 6.07) is 0. The molecule has 10 nitrogen and oxygen atoms in total. The third-order valence-electron chi connectivity index (χ3n) is 4.26. The van der Waals surface area contributed by atoms with Gasteiger partial charge in [0.05, 0.1) is 34.4 Å². The number of thiophene rings is 1. The number of nitrogens with one attached hydrogen (secondary N) is 1. The van der Waals surface area contributed by atoms with Crippen LogP contribution in [-0.2, 0) is 16.1 Å². The van der Waals surface area contributed by atoms with Crippen LogP contribution in [0.15, 0.2) is 0 Å². The van der Waals surface area contributed by atoms with E-state index in [1.165, 1.54) is 11.6 Å². The van der Waals surface area contributed by atoms with Crippen molar-refractivity contribution in [3.8, 4) is 0 Å². The standard InChI is InChI=1S/C18H21ClN4O6S/c1-5-29-18(26)13-9(2)15(11(4)24)30-17(13)20-12(25)7-6-8-22-10(3)14(19)16(21-22)23(27)28/h5-8H2,1-4H3,(H,20,25). The van der Waals surface area contributed by atoms with Crippen molar-refractivity contribution in [3.05, 3.63) is 36.8 Å². The monoisotopic (exact) mass is 456 g/mol. The highest BCUT2D eigenvalue weighted by Gasteiger charge is 2.26. The molecule has 2 rings (SSSR count). The predicted octanol–water partition coefficient (Wildman–Crippen LogP) is 3.92. The van der Waals surface area contributed by atoms with E-state index in [1.54, 1.807) is 20.8 Å². The second kappa shape index (κ2) is 9.81. The van der Waals surface area contributed by atoms with Crippen LogP contribution in [0, 0.1) is 24.0 Å². The maximum absolute atomic E-state index is 12.4. The number of ether oxygens (including phenoxy) is 1. The van der Waals surface area contributed by atoms with Crippen molar-refractivity contribution in [1.29, 1.82) is 0 Å². The van der Waals surface area contributed by atoms with Crippen molar-refractivity contribution in [2.45, 2.75) is 47.1 Å². The summed E-state index contributed by atoms with van der Waals surface area (Å²) in [5, 5.41) is 17.6. The van der Waals surface area contributed by atoms with Crippen LogP contribution < -0.4 is 5.32 Å². The van der Waals surface area contributed by atoms with Crippen LogP contribution in [0.4, 0.5) is 10.8 Å². The number of halogens is 1. The number of esters is 1. The van der Waals surface area contributed by atoms with Crippen LogP contribution >= 0.6 is 22.9 Å². The van der Waals surface area contributed by atoms with E-state index >= 15 is 0 Å². The molecule has 2 heterocycles. The lowest BCUT2D eigenvalue weighted by molar-refractivity contribution is -0.389. The van der Waals surface area contributed by atoms with E-state index in [1.807, 2.05) is 0 Å². The lowest BCUT2D eigenvalue weighted by Gasteiger charge is -2.07. The van der Waals surface area contributed by atoms with Crippen LogP contribution in [0.1, 0.15) is 58.0 Å². The molecule has 1 N–H and O–H groups in total. The maximum atomic E-state index is 12.4. The van der Waals surface area contributed by atoms with Crippen molar-refractivity contribution in [3.63, 3.8) is 0 Å². The number of hydrogen-bond acceptors (Lipinski definition) is 8. The lowest BCUT2D eigenvalue weighted by Crippen LogP contribution is -2.15. The maximum Gasteiger partial charge on any atom is 0.408 e. The molecule has 1 amide bonds. The molecule has 0 saturated carbocycles. The van der Waals surface area contributed by atoms with E-state index in [9.17, 15) is 24.5 Å². The minimum Gasteiger partial charge on any atom is -0.462 e. The summed E-state index contributed by atoms with van der Waals surface area (Å²) in [4.78, 5) is 47.1.